The highest BCUT2D eigenvalue weighted by molar-refractivity contribution is 5.85. The molecule has 2 atom stereocenters. The van der Waals surface area contributed by atoms with Crippen LogP contribution in [0.4, 0.5) is 4.79 Å². The van der Waals surface area contributed by atoms with Crippen LogP contribution in [-0.4, -0.2) is 29.3 Å². The summed E-state index contributed by atoms with van der Waals surface area (Å²) in [6, 6.07) is 9.29. The van der Waals surface area contributed by atoms with Gasteiger partial charge in [-0.05, 0) is 12.0 Å². The number of aliphatic carboxylic acids is 1. The molecule has 4 N–H and O–H groups in total. The summed E-state index contributed by atoms with van der Waals surface area (Å²) in [5, 5.41) is 11.4. The maximum absolute atomic E-state index is 11.4. The van der Waals surface area contributed by atoms with Crippen LogP contribution in [0.15, 0.2) is 30.3 Å². The van der Waals surface area contributed by atoms with Gasteiger partial charge < -0.3 is 20.9 Å². The van der Waals surface area contributed by atoms with Crippen LogP contribution in [0.5, 0.6) is 0 Å². The fourth-order valence-electron chi connectivity index (χ4n) is 1.85. The Morgan fingerprint density at radius 1 is 1.40 bits per heavy atom. The molecule has 1 fully saturated rings. The average Bonchev–Trinajstić information content (AvgIpc) is 3.08. The fraction of sp³-hybridized carbons (Fsp3) is 0.385. The predicted molar refractivity (Wildman–Crippen MR) is 74.5 cm³/mol. The van der Waals surface area contributed by atoms with Crippen LogP contribution in [0, 0.1) is 5.92 Å². The molecular formula is C13H17ClN2O4. The van der Waals surface area contributed by atoms with E-state index in [4.69, 9.17) is 15.6 Å². The molecule has 7 heteroatoms. The van der Waals surface area contributed by atoms with Crippen molar-refractivity contribution in [2.45, 2.75) is 18.6 Å². The zero-order valence-corrected chi connectivity index (χ0v) is 11.6. The van der Waals surface area contributed by atoms with Crippen LogP contribution in [0.3, 0.4) is 0 Å². The SMILES string of the molecule is Cl.NC1(C(=O)O)CC1CNC(=O)OCc1ccccc1. The Bertz CT molecular complexity index is 483. The van der Waals surface area contributed by atoms with Gasteiger partial charge in [-0.1, -0.05) is 30.3 Å². The highest BCUT2D eigenvalue weighted by Crippen LogP contribution is 2.40. The number of rotatable bonds is 5. The molecule has 0 radical (unpaired) electrons. The van der Waals surface area contributed by atoms with E-state index < -0.39 is 17.6 Å². The largest absolute Gasteiger partial charge is 0.480 e. The number of nitrogens with one attached hydrogen (secondary N) is 1. The monoisotopic (exact) mass is 300 g/mol. The first kappa shape index (κ1) is 16.3. The number of halogens is 1. The minimum atomic E-state index is -1.19. The molecule has 0 heterocycles. The van der Waals surface area contributed by atoms with Gasteiger partial charge in [0.25, 0.3) is 0 Å². The van der Waals surface area contributed by atoms with Crippen molar-refractivity contribution in [3.63, 3.8) is 0 Å². The van der Waals surface area contributed by atoms with Crippen molar-refractivity contribution in [3.05, 3.63) is 35.9 Å². The van der Waals surface area contributed by atoms with Gasteiger partial charge in [0.05, 0.1) is 0 Å². The fourth-order valence-corrected chi connectivity index (χ4v) is 1.85. The lowest BCUT2D eigenvalue weighted by Crippen LogP contribution is -2.38. The molecule has 1 aliphatic rings. The first-order valence-corrected chi connectivity index (χ1v) is 5.99. The molecule has 1 amide bonds. The molecule has 1 aromatic carbocycles. The maximum atomic E-state index is 11.4. The van der Waals surface area contributed by atoms with E-state index in [0.717, 1.165) is 5.56 Å². The lowest BCUT2D eigenvalue weighted by Gasteiger charge is -2.08. The number of carboxylic acids is 1. The van der Waals surface area contributed by atoms with Crippen LogP contribution in [0.1, 0.15) is 12.0 Å². The summed E-state index contributed by atoms with van der Waals surface area (Å²) in [5.74, 6) is -1.26. The number of benzene rings is 1. The second-order valence-corrected chi connectivity index (χ2v) is 4.69. The summed E-state index contributed by atoms with van der Waals surface area (Å²) in [6.45, 7) is 0.403. The van der Waals surface area contributed by atoms with E-state index in [1.165, 1.54) is 0 Å². The number of nitrogens with two attached hydrogens (primary N) is 1. The quantitative estimate of drug-likeness (QED) is 0.757. The molecule has 1 aliphatic carbocycles. The van der Waals surface area contributed by atoms with E-state index in [1.54, 1.807) is 0 Å². The van der Waals surface area contributed by atoms with Crippen molar-refractivity contribution in [2.24, 2.45) is 11.7 Å². The molecule has 0 aromatic heterocycles. The summed E-state index contributed by atoms with van der Waals surface area (Å²) in [6.07, 6.45) is -0.190. The van der Waals surface area contributed by atoms with Crippen molar-refractivity contribution < 1.29 is 19.4 Å². The topological polar surface area (TPSA) is 102 Å². The molecule has 0 aliphatic heterocycles. The van der Waals surface area contributed by atoms with Crippen molar-refractivity contribution >= 4 is 24.5 Å². The number of hydrogen-bond acceptors (Lipinski definition) is 4. The zero-order valence-electron chi connectivity index (χ0n) is 10.7. The van der Waals surface area contributed by atoms with Crippen LogP contribution >= 0.6 is 12.4 Å². The molecule has 0 bridgehead atoms. The van der Waals surface area contributed by atoms with Crippen molar-refractivity contribution in [1.29, 1.82) is 0 Å². The summed E-state index contributed by atoms with van der Waals surface area (Å²) in [5.41, 5.74) is 5.30. The molecule has 2 unspecified atom stereocenters. The zero-order chi connectivity index (χ0) is 13.9. The lowest BCUT2D eigenvalue weighted by atomic mass is 10.2. The molecule has 110 valence electrons. The van der Waals surface area contributed by atoms with Gasteiger partial charge in [0.15, 0.2) is 0 Å². The number of carbonyl (C=O) groups is 2. The molecule has 1 aromatic rings. The van der Waals surface area contributed by atoms with Gasteiger partial charge in [-0.3, -0.25) is 4.79 Å². The number of carbonyl (C=O) groups excluding carboxylic acids is 1. The van der Waals surface area contributed by atoms with Crippen LogP contribution in [0.2, 0.25) is 0 Å². The van der Waals surface area contributed by atoms with E-state index in [2.05, 4.69) is 5.32 Å². The Balaban J connectivity index is 0.00000200. The minimum absolute atomic E-state index is 0. The summed E-state index contributed by atoms with van der Waals surface area (Å²) >= 11 is 0. The summed E-state index contributed by atoms with van der Waals surface area (Å²) in [4.78, 5) is 22.2. The average molecular weight is 301 g/mol. The van der Waals surface area contributed by atoms with E-state index in [9.17, 15) is 9.59 Å². The third kappa shape index (κ3) is 3.85. The Morgan fingerprint density at radius 2 is 2.05 bits per heavy atom. The van der Waals surface area contributed by atoms with Gasteiger partial charge in [0.1, 0.15) is 12.1 Å². The normalized spacial score (nSPS) is 23.4. The Labute approximate surface area is 122 Å². The van der Waals surface area contributed by atoms with Gasteiger partial charge in [-0.2, -0.15) is 0 Å². The van der Waals surface area contributed by atoms with Crippen molar-refractivity contribution in [3.8, 4) is 0 Å². The molecule has 0 saturated heterocycles. The second-order valence-electron chi connectivity index (χ2n) is 4.69. The Hall–Kier alpha value is -1.79. The molecule has 1 saturated carbocycles. The number of alkyl carbamates (subject to hydrolysis) is 1. The minimum Gasteiger partial charge on any atom is -0.480 e. The molecule has 6 nitrogen and oxygen atoms in total. The van der Waals surface area contributed by atoms with E-state index in [1.807, 2.05) is 30.3 Å². The van der Waals surface area contributed by atoms with Crippen LogP contribution in [-0.2, 0) is 16.1 Å². The summed E-state index contributed by atoms with van der Waals surface area (Å²) in [7, 11) is 0. The number of ether oxygens (including phenoxy) is 1. The molecule has 0 spiro atoms. The highest BCUT2D eigenvalue weighted by Gasteiger charge is 2.57. The molecule has 20 heavy (non-hydrogen) atoms. The van der Waals surface area contributed by atoms with Crippen molar-refractivity contribution in [2.75, 3.05) is 6.54 Å². The van der Waals surface area contributed by atoms with Gasteiger partial charge in [-0.25, -0.2) is 4.79 Å². The molecular weight excluding hydrogens is 284 g/mol. The second kappa shape index (κ2) is 6.58. The smallest absolute Gasteiger partial charge is 0.407 e. The van der Waals surface area contributed by atoms with E-state index >= 15 is 0 Å². The van der Waals surface area contributed by atoms with Gasteiger partial charge >= 0.3 is 12.1 Å². The number of carboxylic acid groups (broad SMARTS) is 1. The van der Waals surface area contributed by atoms with Crippen LogP contribution in [0.25, 0.3) is 0 Å². The van der Waals surface area contributed by atoms with Crippen LogP contribution < -0.4 is 11.1 Å². The standard InChI is InChI=1S/C13H16N2O4.ClH/c14-13(11(16)17)6-10(13)7-15-12(18)19-8-9-4-2-1-3-5-9;/h1-5,10H,6-8,14H2,(H,15,18)(H,16,17);1H. The Kier molecular flexibility index (Phi) is 5.35. The van der Waals surface area contributed by atoms with E-state index in [-0.39, 0.29) is 31.5 Å². The van der Waals surface area contributed by atoms with Crippen molar-refractivity contribution in [1.82, 2.24) is 5.32 Å². The maximum Gasteiger partial charge on any atom is 0.407 e. The first-order valence-electron chi connectivity index (χ1n) is 5.99. The number of amides is 1. The highest BCUT2D eigenvalue weighted by atomic mass is 35.5. The molecule has 2 rings (SSSR count). The predicted octanol–water partition coefficient (Wildman–Crippen LogP) is 1.14. The first-order chi connectivity index (χ1) is 9.02. The van der Waals surface area contributed by atoms with Gasteiger partial charge in [0.2, 0.25) is 0 Å². The third-order valence-electron chi connectivity index (χ3n) is 3.26. The third-order valence-corrected chi connectivity index (χ3v) is 3.26. The van der Waals surface area contributed by atoms with Gasteiger partial charge in [-0.15, -0.1) is 12.4 Å². The van der Waals surface area contributed by atoms with E-state index in [0.29, 0.717) is 6.42 Å². The Morgan fingerprint density at radius 3 is 2.60 bits per heavy atom. The number of hydrogen-bond donors (Lipinski definition) is 3. The lowest BCUT2D eigenvalue weighted by molar-refractivity contribution is -0.140. The van der Waals surface area contributed by atoms with Gasteiger partial charge in [0, 0.05) is 12.5 Å². The summed E-state index contributed by atoms with van der Waals surface area (Å²) < 4.78 is 5.00.